The minimum atomic E-state index is -1.06. The van der Waals surface area contributed by atoms with Gasteiger partial charge in [0.2, 0.25) is 11.8 Å². The van der Waals surface area contributed by atoms with Crippen molar-refractivity contribution >= 4 is 46.0 Å². The Morgan fingerprint density at radius 1 is 0.776 bits per heavy atom. The number of fused-ring (bicyclic) bond motifs is 2. The summed E-state index contributed by atoms with van der Waals surface area (Å²) >= 11 is 0. The van der Waals surface area contributed by atoms with Gasteiger partial charge in [-0.1, -0.05) is 84.9 Å². The summed E-state index contributed by atoms with van der Waals surface area (Å²) in [4.78, 5) is 66.4. The molecule has 1 atom stereocenters. The average Bonchev–Trinajstić information content (AvgIpc) is 3.38. The molecular weight excluding hydrogens is 616 g/mol. The molecule has 9 heteroatoms. The molecule has 7 rings (SSSR count). The predicted molar refractivity (Wildman–Crippen MR) is 186 cm³/mol. The molecule has 1 saturated heterocycles. The van der Waals surface area contributed by atoms with Crippen molar-refractivity contribution in [3.05, 3.63) is 149 Å². The first-order chi connectivity index (χ1) is 23.9. The molecule has 1 fully saturated rings. The Morgan fingerprint density at radius 3 is 2.29 bits per heavy atom. The molecular formula is C40H34N4O5. The molecule has 0 bridgehead atoms. The van der Waals surface area contributed by atoms with Gasteiger partial charge in [0.25, 0.3) is 17.7 Å². The molecule has 1 unspecified atom stereocenters. The van der Waals surface area contributed by atoms with E-state index in [4.69, 9.17) is 0 Å². The smallest absolute Gasteiger partial charge is 0.262 e. The van der Waals surface area contributed by atoms with Gasteiger partial charge < -0.3 is 10.2 Å². The molecule has 5 aromatic carbocycles. The summed E-state index contributed by atoms with van der Waals surface area (Å²) in [6, 6.07) is 36.7. The lowest BCUT2D eigenvalue weighted by molar-refractivity contribution is -0.136. The maximum Gasteiger partial charge on any atom is 0.262 e. The summed E-state index contributed by atoms with van der Waals surface area (Å²) in [7, 11) is 0. The number of para-hydroxylation sites is 1. The number of amides is 5. The Bertz CT molecular complexity index is 2090. The number of carbonyl (C=O) groups excluding carboxylic acids is 5. The number of rotatable bonds is 10. The second-order valence-corrected chi connectivity index (χ2v) is 12.4. The summed E-state index contributed by atoms with van der Waals surface area (Å²) in [5.41, 5.74) is 4.93. The van der Waals surface area contributed by atoms with E-state index in [2.05, 4.69) is 94.4 Å². The number of imide groups is 2. The summed E-state index contributed by atoms with van der Waals surface area (Å²) < 4.78 is 0. The normalized spacial score (nSPS) is 15.7. The maximum atomic E-state index is 13.2. The molecule has 2 N–H and O–H groups in total. The number of carbonyl (C=O) groups is 5. The zero-order valence-corrected chi connectivity index (χ0v) is 26.7. The van der Waals surface area contributed by atoms with Crippen LogP contribution in [0.25, 0.3) is 10.8 Å². The average molecular weight is 651 g/mol. The Labute approximate surface area is 283 Å². The Hall–Kier alpha value is -6.09. The number of benzene rings is 5. The van der Waals surface area contributed by atoms with Crippen molar-refractivity contribution in [3.8, 4) is 0 Å². The Kier molecular flexibility index (Phi) is 8.72. The number of hydrogen-bond donors (Lipinski definition) is 2. The molecule has 5 aromatic rings. The van der Waals surface area contributed by atoms with E-state index in [0.717, 1.165) is 41.2 Å². The van der Waals surface area contributed by atoms with Crippen molar-refractivity contribution in [1.29, 1.82) is 0 Å². The lowest BCUT2D eigenvalue weighted by Crippen LogP contribution is -2.54. The molecule has 0 aromatic heterocycles. The van der Waals surface area contributed by atoms with Crippen LogP contribution in [0.4, 0.5) is 5.69 Å². The third kappa shape index (κ3) is 6.56. The molecule has 2 aliphatic rings. The van der Waals surface area contributed by atoms with E-state index >= 15 is 0 Å². The first kappa shape index (κ1) is 31.5. The maximum absolute atomic E-state index is 13.2. The minimum Gasteiger partial charge on any atom is -0.367 e. The van der Waals surface area contributed by atoms with Crippen molar-refractivity contribution < 1.29 is 24.0 Å². The third-order valence-electron chi connectivity index (χ3n) is 9.20. The van der Waals surface area contributed by atoms with Crippen LogP contribution in [0.15, 0.2) is 115 Å². The van der Waals surface area contributed by atoms with Crippen LogP contribution < -0.4 is 15.5 Å². The van der Waals surface area contributed by atoms with Crippen molar-refractivity contribution in [2.24, 2.45) is 0 Å². The number of piperidine rings is 1. The summed E-state index contributed by atoms with van der Waals surface area (Å²) in [6.45, 7) is 1.84. The van der Waals surface area contributed by atoms with Crippen molar-refractivity contribution in [2.45, 2.75) is 38.4 Å². The van der Waals surface area contributed by atoms with Crippen LogP contribution in [0.1, 0.15) is 60.6 Å². The van der Waals surface area contributed by atoms with E-state index in [1.807, 2.05) is 18.2 Å². The van der Waals surface area contributed by atoms with Gasteiger partial charge in [-0.25, -0.2) is 0 Å². The van der Waals surface area contributed by atoms with Gasteiger partial charge in [-0.15, -0.1) is 0 Å². The fourth-order valence-corrected chi connectivity index (χ4v) is 6.58. The fraction of sp³-hybridized carbons (Fsp3) is 0.175. The Morgan fingerprint density at radius 2 is 1.49 bits per heavy atom. The third-order valence-corrected chi connectivity index (χ3v) is 9.20. The Balaban J connectivity index is 0.988. The van der Waals surface area contributed by atoms with E-state index in [0.29, 0.717) is 0 Å². The van der Waals surface area contributed by atoms with E-state index in [-0.39, 0.29) is 36.1 Å². The van der Waals surface area contributed by atoms with Gasteiger partial charge in [0.05, 0.1) is 11.1 Å². The molecule has 0 radical (unpaired) electrons. The predicted octanol–water partition coefficient (Wildman–Crippen LogP) is 5.42. The van der Waals surface area contributed by atoms with E-state index in [1.165, 1.54) is 34.5 Å². The lowest BCUT2D eigenvalue weighted by atomic mass is 10.0. The molecule has 49 heavy (non-hydrogen) atoms. The van der Waals surface area contributed by atoms with E-state index < -0.39 is 35.6 Å². The van der Waals surface area contributed by atoms with Crippen LogP contribution in [-0.2, 0) is 29.1 Å². The van der Waals surface area contributed by atoms with Gasteiger partial charge in [0.15, 0.2) is 0 Å². The zero-order valence-electron chi connectivity index (χ0n) is 26.7. The lowest BCUT2D eigenvalue weighted by Gasteiger charge is -2.27. The second kappa shape index (κ2) is 13.6. The van der Waals surface area contributed by atoms with Gasteiger partial charge in [-0.2, -0.15) is 0 Å². The van der Waals surface area contributed by atoms with Crippen molar-refractivity contribution in [2.75, 3.05) is 11.4 Å². The number of anilines is 1. The van der Waals surface area contributed by atoms with Crippen LogP contribution in [0.2, 0.25) is 0 Å². The quantitative estimate of drug-likeness (QED) is 0.195. The topological polar surface area (TPSA) is 116 Å². The van der Waals surface area contributed by atoms with Gasteiger partial charge in [0.1, 0.15) is 6.04 Å². The second-order valence-electron chi connectivity index (χ2n) is 12.4. The fourth-order valence-electron chi connectivity index (χ4n) is 6.58. The molecule has 244 valence electrons. The first-order valence-corrected chi connectivity index (χ1v) is 16.3. The molecule has 2 aliphatic heterocycles. The molecule has 0 spiro atoms. The number of hydrogen-bond acceptors (Lipinski definition) is 6. The van der Waals surface area contributed by atoms with Crippen LogP contribution in [0, 0.1) is 0 Å². The molecule has 5 amide bonds. The number of nitrogens with one attached hydrogen (secondary N) is 2. The van der Waals surface area contributed by atoms with Gasteiger partial charge in [-0.05, 0) is 70.6 Å². The van der Waals surface area contributed by atoms with Gasteiger partial charge in [-0.3, -0.25) is 34.2 Å². The van der Waals surface area contributed by atoms with E-state index in [1.54, 1.807) is 0 Å². The van der Waals surface area contributed by atoms with Crippen molar-refractivity contribution in [3.63, 3.8) is 0 Å². The van der Waals surface area contributed by atoms with Gasteiger partial charge >= 0.3 is 0 Å². The van der Waals surface area contributed by atoms with Crippen LogP contribution in [0.3, 0.4) is 0 Å². The highest BCUT2D eigenvalue weighted by Crippen LogP contribution is 2.28. The van der Waals surface area contributed by atoms with Crippen LogP contribution >= 0.6 is 0 Å². The van der Waals surface area contributed by atoms with Crippen molar-refractivity contribution in [1.82, 2.24) is 15.5 Å². The molecule has 0 aliphatic carbocycles. The number of nitrogens with zero attached hydrogens (tertiary/aromatic N) is 2. The largest absolute Gasteiger partial charge is 0.367 e. The highest BCUT2D eigenvalue weighted by molar-refractivity contribution is 6.24. The highest BCUT2D eigenvalue weighted by Gasteiger charge is 2.44. The summed E-state index contributed by atoms with van der Waals surface area (Å²) in [5.74, 6) is -2.77. The molecule has 9 nitrogen and oxygen atoms in total. The highest BCUT2D eigenvalue weighted by atomic mass is 16.2. The zero-order chi connectivity index (χ0) is 33.9. The van der Waals surface area contributed by atoms with Crippen LogP contribution in [-0.4, -0.2) is 47.0 Å². The SMILES string of the molecule is O=C1CCC(N2C(=O)c3ccc(C(=O)NCc4ccc(CN(CCc5cccc6ccccc56)c5ccccc5)cc4)cc3C2=O)C(=O)N1. The van der Waals surface area contributed by atoms with Gasteiger partial charge in [0, 0.05) is 37.3 Å². The molecule has 0 saturated carbocycles. The summed E-state index contributed by atoms with van der Waals surface area (Å²) in [5, 5.41) is 7.60. The standard InChI is InChI=1S/C40H34N4O5/c45-36-20-19-35(38(47)42-36)44-39(48)33-18-17-30(23-34(33)40(44)49)37(46)41-24-26-13-15-27(16-14-26)25-43(31-10-2-1-3-11-31)22-21-29-9-6-8-28-7-4-5-12-32(28)29/h1-18,23,35H,19-22,24-25H2,(H,41,46)(H,42,45,47). The molecule has 2 heterocycles. The first-order valence-electron chi connectivity index (χ1n) is 16.3. The monoisotopic (exact) mass is 650 g/mol. The van der Waals surface area contributed by atoms with E-state index in [9.17, 15) is 24.0 Å². The summed E-state index contributed by atoms with van der Waals surface area (Å²) in [6.07, 6.45) is 1.01. The minimum absolute atomic E-state index is 0.0373. The van der Waals surface area contributed by atoms with Crippen LogP contribution in [0.5, 0.6) is 0 Å².